The van der Waals surface area contributed by atoms with Gasteiger partial charge in [0.05, 0.1) is 30.7 Å². The molecule has 2 fully saturated rings. The highest BCUT2D eigenvalue weighted by Gasteiger charge is 2.45. The summed E-state index contributed by atoms with van der Waals surface area (Å²) >= 11 is 0. The van der Waals surface area contributed by atoms with Crippen LogP contribution in [0.2, 0.25) is 0 Å². The lowest BCUT2D eigenvalue weighted by Crippen LogP contribution is -2.54. The number of hydrogen-bond acceptors (Lipinski definition) is 8. The fourth-order valence-electron chi connectivity index (χ4n) is 6.59. The molecule has 2 aromatic carbocycles. The second kappa shape index (κ2) is 14.9. The zero-order valence-electron chi connectivity index (χ0n) is 30.6. The standard InChI is InChI=1S/C38H52N4O8/c1-24(25-10-15-30(48-8)16-11-25)39-33(43)26-20-27(23-40(22-26)36(46)50-37(2,3)4)34(44)42(28-12-13-28)29-14-17-32-31(21-29)41(18-9-19-47-7)35(45)38(5,6)49-32/h10-11,14-17,21,24,26-28H,9,12-13,18-20,22-23H2,1-8H3,(H,39,43)/t24?,26-,27+/m0/s1. The first-order valence-corrected chi connectivity index (χ1v) is 17.5. The number of fused-ring (bicyclic) bond motifs is 1. The van der Waals surface area contributed by atoms with Crippen molar-refractivity contribution in [3.63, 3.8) is 0 Å². The van der Waals surface area contributed by atoms with E-state index < -0.39 is 29.1 Å². The molecule has 0 spiro atoms. The van der Waals surface area contributed by atoms with Crippen LogP contribution in [0.5, 0.6) is 11.5 Å². The van der Waals surface area contributed by atoms with Crippen LogP contribution in [0.1, 0.15) is 78.8 Å². The first kappa shape index (κ1) is 36.9. The quantitative estimate of drug-likeness (QED) is 0.307. The number of methoxy groups -OCH3 is 2. The molecule has 12 heteroatoms. The largest absolute Gasteiger partial charge is 0.497 e. The molecule has 0 aromatic heterocycles. The first-order valence-electron chi connectivity index (χ1n) is 17.5. The Hall–Kier alpha value is -4.32. The lowest BCUT2D eigenvalue weighted by molar-refractivity contribution is -0.133. The molecule has 0 bridgehead atoms. The maximum atomic E-state index is 14.6. The fourth-order valence-corrected chi connectivity index (χ4v) is 6.59. The molecule has 4 amide bonds. The Morgan fingerprint density at radius 3 is 2.34 bits per heavy atom. The van der Waals surface area contributed by atoms with Crippen LogP contribution in [0.25, 0.3) is 0 Å². The third-order valence-electron chi connectivity index (χ3n) is 9.31. The minimum Gasteiger partial charge on any atom is -0.497 e. The van der Waals surface area contributed by atoms with Crippen molar-refractivity contribution in [2.24, 2.45) is 11.8 Å². The minimum atomic E-state index is -1.04. The van der Waals surface area contributed by atoms with E-state index in [0.717, 1.165) is 24.2 Å². The van der Waals surface area contributed by atoms with E-state index in [2.05, 4.69) is 5.32 Å². The molecule has 5 rings (SSSR count). The molecule has 12 nitrogen and oxygen atoms in total. The van der Waals surface area contributed by atoms with Crippen LogP contribution in [0.15, 0.2) is 42.5 Å². The Morgan fingerprint density at radius 2 is 1.72 bits per heavy atom. The van der Waals surface area contributed by atoms with Gasteiger partial charge in [-0.15, -0.1) is 0 Å². The summed E-state index contributed by atoms with van der Waals surface area (Å²) in [6.45, 7) is 12.0. The van der Waals surface area contributed by atoms with Crippen LogP contribution in [0, 0.1) is 11.8 Å². The Kier molecular flexibility index (Phi) is 11.0. The molecule has 50 heavy (non-hydrogen) atoms. The van der Waals surface area contributed by atoms with Crippen molar-refractivity contribution in [2.45, 2.75) is 90.5 Å². The number of piperidine rings is 1. The zero-order chi connectivity index (χ0) is 36.4. The highest BCUT2D eigenvalue weighted by Crippen LogP contribution is 2.43. The highest BCUT2D eigenvalue weighted by molar-refractivity contribution is 6.04. The van der Waals surface area contributed by atoms with E-state index in [1.807, 2.05) is 49.4 Å². The Morgan fingerprint density at radius 1 is 1.04 bits per heavy atom. The topological polar surface area (TPSA) is 127 Å². The highest BCUT2D eigenvalue weighted by atomic mass is 16.6. The zero-order valence-corrected chi connectivity index (χ0v) is 30.6. The Labute approximate surface area is 295 Å². The molecule has 1 saturated carbocycles. The number of nitrogens with one attached hydrogen (secondary N) is 1. The van der Waals surface area contributed by atoms with Gasteiger partial charge in [0.15, 0.2) is 5.60 Å². The lowest BCUT2D eigenvalue weighted by atomic mass is 9.87. The first-order chi connectivity index (χ1) is 23.6. The van der Waals surface area contributed by atoms with Gasteiger partial charge in [0.2, 0.25) is 11.8 Å². The average Bonchev–Trinajstić information content (AvgIpc) is 3.91. The van der Waals surface area contributed by atoms with Crippen molar-refractivity contribution >= 4 is 35.2 Å². The summed E-state index contributed by atoms with van der Waals surface area (Å²) in [6, 6.07) is 12.7. The number of carbonyl (C=O) groups excluding carboxylic acids is 4. The van der Waals surface area contributed by atoms with Crippen LogP contribution >= 0.6 is 0 Å². The molecule has 2 aromatic rings. The van der Waals surface area contributed by atoms with Gasteiger partial charge in [-0.25, -0.2) is 4.79 Å². The molecule has 1 aliphatic carbocycles. The predicted octanol–water partition coefficient (Wildman–Crippen LogP) is 5.48. The van der Waals surface area contributed by atoms with Gasteiger partial charge >= 0.3 is 6.09 Å². The number of hydrogen-bond donors (Lipinski definition) is 1. The Bertz CT molecular complexity index is 1570. The van der Waals surface area contributed by atoms with Crippen molar-refractivity contribution < 1.29 is 38.1 Å². The normalized spacial score (nSPS) is 20.7. The van der Waals surface area contributed by atoms with Crippen molar-refractivity contribution in [1.29, 1.82) is 0 Å². The number of likely N-dealkylation sites (tertiary alicyclic amines) is 1. The number of rotatable bonds is 11. The number of nitrogens with zero attached hydrogens (tertiary/aromatic N) is 3. The van der Waals surface area contributed by atoms with Crippen LogP contribution in [-0.4, -0.2) is 86.4 Å². The van der Waals surface area contributed by atoms with Gasteiger partial charge in [0.25, 0.3) is 5.91 Å². The number of carbonyl (C=O) groups is 4. The van der Waals surface area contributed by atoms with Crippen LogP contribution in [0.3, 0.4) is 0 Å². The molecule has 2 aliphatic heterocycles. The molecule has 2 heterocycles. The van der Waals surface area contributed by atoms with E-state index in [1.54, 1.807) is 58.6 Å². The molecule has 272 valence electrons. The molecule has 1 unspecified atom stereocenters. The Balaban J connectivity index is 1.41. The van der Waals surface area contributed by atoms with Crippen LogP contribution in [-0.2, 0) is 23.9 Å². The number of amides is 4. The summed E-state index contributed by atoms with van der Waals surface area (Å²) < 4.78 is 22.3. The van der Waals surface area contributed by atoms with Gasteiger partial charge in [0.1, 0.15) is 17.1 Å². The lowest BCUT2D eigenvalue weighted by Gasteiger charge is -2.40. The van der Waals surface area contributed by atoms with Crippen molar-refractivity contribution in [2.75, 3.05) is 50.3 Å². The molecular formula is C38H52N4O8. The number of ether oxygens (including phenoxy) is 4. The van der Waals surface area contributed by atoms with Crippen LogP contribution in [0.4, 0.5) is 16.2 Å². The molecule has 1 saturated heterocycles. The van der Waals surface area contributed by atoms with E-state index in [-0.39, 0.29) is 49.3 Å². The maximum Gasteiger partial charge on any atom is 0.410 e. The van der Waals surface area contributed by atoms with Gasteiger partial charge in [-0.1, -0.05) is 12.1 Å². The summed E-state index contributed by atoms with van der Waals surface area (Å²) in [5.74, 6) is -0.590. The summed E-state index contributed by atoms with van der Waals surface area (Å²) in [6.07, 6.45) is 2.00. The van der Waals surface area contributed by atoms with Crippen molar-refractivity contribution in [3.8, 4) is 11.5 Å². The van der Waals surface area contributed by atoms with Gasteiger partial charge in [-0.2, -0.15) is 0 Å². The summed E-state index contributed by atoms with van der Waals surface area (Å²) in [5.41, 5.74) is 0.362. The second-order valence-electron chi connectivity index (χ2n) is 15.0. The monoisotopic (exact) mass is 692 g/mol. The van der Waals surface area contributed by atoms with Gasteiger partial charge < -0.3 is 39.0 Å². The number of benzene rings is 2. The summed E-state index contributed by atoms with van der Waals surface area (Å²) in [7, 11) is 3.23. The van der Waals surface area contributed by atoms with E-state index in [4.69, 9.17) is 18.9 Å². The third-order valence-corrected chi connectivity index (χ3v) is 9.31. The second-order valence-corrected chi connectivity index (χ2v) is 15.0. The van der Waals surface area contributed by atoms with E-state index >= 15 is 0 Å². The summed E-state index contributed by atoms with van der Waals surface area (Å²) in [4.78, 5) is 60.3. The van der Waals surface area contributed by atoms with Gasteiger partial charge in [0, 0.05) is 45.1 Å². The van der Waals surface area contributed by atoms with E-state index in [0.29, 0.717) is 36.7 Å². The maximum absolute atomic E-state index is 14.6. The van der Waals surface area contributed by atoms with Gasteiger partial charge in [-0.05, 0) is 103 Å². The van der Waals surface area contributed by atoms with Crippen molar-refractivity contribution in [1.82, 2.24) is 10.2 Å². The van der Waals surface area contributed by atoms with E-state index in [9.17, 15) is 19.2 Å². The number of anilines is 2. The summed E-state index contributed by atoms with van der Waals surface area (Å²) in [5, 5.41) is 3.09. The minimum absolute atomic E-state index is 0.0292. The average molecular weight is 693 g/mol. The molecule has 3 atom stereocenters. The van der Waals surface area contributed by atoms with Gasteiger partial charge in [-0.3, -0.25) is 14.4 Å². The smallest absolute Gasteiger partial charge is 0.410 e. The predicted molar refractivity (Wildman–Crippen MR) is 189 cm³/mol. The molecule has 3 aliphatic rings. The van der Waals surface area contributed by atoms with Crippen LogP contribution < -0.4 is 24.6 Å². The molecule has 0 radical (unpaired) electrons. The fraction of sp³-hybridized carbons (Fsp3) is 0.579. The SMILES string of the molecule is COCCCN1C(=O)C(C)(C)Oc2ccc(N(C(=O)[C@@H]3C[C@H](C(=O)NC(C)c4ccc(OC)cc4)CN(C(=O)OC(C)(C)C)C3)C3CC3)cc21. The van der Waals surface area contributed by atoms with Crippen molar-refractivity contribution in [3.05, 3.63) is 48.0 Å². The molecule has 1 N–H and O–H groups in total. The van der Waals surface area contributed by atoms with E-state index in [1.165, 1.54) is 4.90 Å². The molecular weight excluding hydrogens is 640 g/mol. The third kappa shape index (κ3) is 8.51.